The van der Waals surface area contributed by atoms with Gasteiger partial charge in [0.05, 0.1) is 18.2 Å². The summed E-state index contributed by atoms with van der Waals surface area (Å²) in [6.07, 6.45) is 1.45. The van der Waals surface area contributed by atoms with Gasteiger partial charge in [0.25, 0.3) is 11.6 Å². The van der Waals surface area contributed by atoms with E-state index in [2.05, 4.69) is 10.5 Å². The summed E-state index contributed by atoms with van der Waals surface area (Å²) in [6, 6.07) is 18.7. The molecule has 31 heavy (non-hydrogen) atoms. The molecule has 158 valence electrons. The van der Waals surface area contributed by atoms with Crippen molar-refractivity contribution in [3.8, 4) is 11.5 Å². The van der Waals surface area contributed by atoms with Crippen LogP contribution in [-0.4, -0.2) is 24.2 Å². The Kier molecular flexibility index (Phi) is 6.95. The van der Waals surface area contributed by atoms with Crippen LogP contribution in [0.3, 0.4) is 0 Å². The second-order valence-electron chi connectivity index (χ2n) is 6.69. The van der Waals surface area contributed by atoms with E-state index in [0.29, 0.717) is 23.7 Å². The van der Waals surface area contributed by atoms with Gasteiger partial charge >= 0.3 is 0 Å². The van der Waals surface area contributed by atoms with Gasteiger partial charge in [0.15, 0.2) is 11.5 Å². The van der Waals surface area contributed by atoms with Crippen LogP contribution >= 0.6 is 0 Å². The zero-order valence-corrected chi connectivity index (χ0v) is 17.1. The van der Waals surface area contributed by atoms with E-state index in [0.717, 1.165) is 5.56 Å². The lowest BCUT2D eigenvalue weighted by Gasteiger charge is -2.11. The maximum atomic E-state index is 12.2. The number of amides is 1. The predicted octanol–water partition coefficient (Wildman–Crippen LogP) is 4.25. The highest BCUT2D eigenvalue weighted by molar-refractivity contribution is 5.95. The third kappa shape index (κ3) is 5.89. The number of hydrogen-bond donors (Lipinski definition) is 1. The Morgan fingerprint density at radius 2 is 1.87 bits per heavy atom. The van der Waals surface area contributed by atoms with Crippen LogP contribution < -0.4 is 14.9 Å². The Hall–Kier alpha value is -4.20. The Labute approximate surface area is 179 Å². The quantitative estimate of drug-likeness (QED) is 0.334. The fourth-order valence-corrected chi connectivity index (χ4v) is 2.72. The van der Waals surface area contributed by atoms with E-state index < -0.39 is 10.8 Å². The number of hydrogen-bond acceptors (Lipinski definition) is 6. The number of carbonyl (C=O) groups excluding carboxylic acids is 1. The van der Waals surface area contributed by atoms with Gasteiger partial charge in [0, 0.05) is 17.7 Å². The van der Waals surface area contributed by atoms with Gasteiger partial charge in [-0.15, -0.1) is 0 Å². The normalized spacial score (nSPS) is 10.6. The number of non-ortho nitro benzene ring substituents is 1. The fourth-order valence-electron chi connectivity index (χ4n) is 2.72. The largest absolute Gasteiger partial charge is 0.493 e. The third-order valence-corrected chi connectivity index (χ3v) is 4.40. The minimum absolute atomic E-state index is 0.142. The van der Waals surface area contributed by atoms with E-state index in [1.165, 1.54) is 36.0 Å². The number of aryl methyl sites for hydroxylation is 1. The maximum Gasteiger partial charge on any atom is 0.271 e. The molecule has 1 amide bonds. The molecule has 0 radical (unpaired) electrons. The number of hydrazone groups is 1. The Balaban J connectivity index is 1.67. The number of carbonyl (C=O) groups is 1. The summed E-state index contributed by atoms with van der Waals surface area (Å²) in [4.78, 5) is 22.4. The Morgan fingerprint density at radius 3 is 2.58 bits per heavy atom. The van der Waals surface area contributed by atoms with E-state index in [1.54, 1.807) is 25.3 Å². The summed E-state index contributed by atoms with van der Waals surface area (Å²) < 4.78 is 11.2. The molecule has 3 aromatic rings. The van der Waals surface area contributed by atoms with Crippen molar-refractivity contribution in [2.45, 2.75) is 13.5 Å². The van der Waals surface area contributed by atoms with Crippen molar-refractivity contribution in [2.24, 2.45) is 5.10 Å². The summed E-state index contributed by atoms with van der Waals surface area (Å²) >= 11 is 0. The molecule has 0 heterocycles. The fraction of sp³-hybridized carbons (Fsp3) is 0.130. The first-order chi connectivity index (χ1) is 15.0. The van der Waals surface area contributed by atoms with Crippen molar-refractivity contribution < 1.29 is 19.2 Å². The van der Waals surface area contributed by atoms with Gasteiger partial charge in [-0.3, -0.25) is 14.9 Å². The molecule has 0 unspecified atom stereocenters. The number of nitrogens with zero attached hydrogens (tertiary/aromatic N) is 2. The van der Waals surface area contributed by atoms with Gasteiger partial charge < -0.3 is 9.47 Å². The lowest BCUT2D eigenvalue weighted by atomic mass is 10.1. The second kappa shape index (κ2) is 10.0. The zero-order valence-electron chi connectivity index (χ0n) is 17.1. The van der Waals surface area contributed by atoms with E-state index in [1.807, 2.05) is 31.2 Å². The number of nitro groups is 1. The highest BCUT2D eigenvalue weighted by Crippen LogP contribution is 2.28. The number of nitrogens with one attached hydrogen (secondary N) is 1. The van der Waals surface area contributed by atoms with Crippen LogP contribution in [0.2, 0.25) is 0 Å². The Bertz CT molecular complexity index is 1110. The molecule has 0 aliphatic rings. The predicted molar refractivity (Wildman–Crippen MR) is 117 cm³/mol. The van der Waals surface area contributed by atoms with E-state index in [4.69, 9.17) is 9.47 Å². The van der Waals surface area contributed by atoms with E-state index in [-0.39, 0.29) is 11.3 Å². The summed E-state index contributed by atoms with van der Waals surface area (Å²) in [7, 11) is 1.56. The lowest BCUT2D eigenvalue weighted by Crippen LogP contribution is -2.17. The van der Waals surface area contributed by atoms with Crippen molar-refractivity contribution in [3.05, 3.63) is 99.1 Å². The first-order valence-corrected chi connectivity index (χ1v) is 9.40. The van der Waals surface area contributed by atoms with Crippen molar-refractivity contribution in [1.82, 2.24) is 5.43 Å². The van der Waals surface area contributed by atoms with Gasteiger partial charge in [-0.2, -0.15) is 5.10 Å². The van der Waals surface area contributed by atoms with Gasteiger partial charge in [0.2, 0.25) is 0 Å². The number of rotatable bonds is 8. The number of nitro benzene ring substituents is 1. The van der Waals surface area contributed by atoms with E-state index in [9.17, 15) is 14.9 Å². The zero-order chi connectivity index (χ0) is 22.2. The van der Waals surface area contributed by atoms with Crippen LogP contribution in [0.25, 0.3) is 0 Å². The van der Waals surface area contributed by atoms with Crippen LogP contribution in [0.1, 0.15) is 27.0 Å². The molecule has 3 rings (SSSR count). The van der Waals surface area contributed by atoms with Crippen LogP contribution in [-0.2, 0) is 6.61 Å². The van der Waals surface area contributed by atoms with Crippen LogP contribution in [0, 0.1) is 17.0 Å². The van der Waals surface area contributed by atoms with Crippen molar-refractivity contribution in [3.63, 3.8) is 0 Å². The molecule has 0 aliphatic heterocycles. The lowest BCUT2D eigenvalue weighted by molar-refractivity contribution is -0.384. The van der Waals surface area contributed by atoms with Crippen LogP contribution in [0.15, 0.2) is 71.8 Å². The summed E-state index contributed by atoms with van der Waals surface area (Å²) in [5.41, 5.74) is 5.21. The summed E-state index contributed by atoms with van der Waals surface area (Å²) in [5.74, 6) is 0.561. The molecule has 8 nitrogen and oxygen atoms in total. The molecule has 0 fully saturated rings. The number of benzene rings is 3. The number of ether oxygens (including phenoxy) is 2. The van der Waals surface area contributed by atoms with E-state index >= 15 is 0 Å². The monoisotopic (exact) mass is 419 g/mol. The first kappa shape index (κ1) is 21.5. The maximum absolute atomic E-state index is 12.2. The average molecular weight is 419 g/mol. The minimum atomic E-state index is -0.560. The van der Waals surface area contributed by atoms with Crippen molar-refractivity contribution >= 4 is 17.8 Å². The molecule has 1 N–H and O–H groups in total. The molecular formula is C23H21N3O5. The van der Waals surface area contributed by atoms with Gasteiger partial charge in [-0.1, -0.05) is 35.9 Å². The molecule has 8 heteroatoms. The number of methoxy groups -OCH3 is 1. The molecule has 0 saturated heterocycles. The first-order valence-electron chi connectivity index (χ1n) is 9.40. The molecular weight excluding hydrogens is 398 g/mol. The van der Waals surface area contributed by atoms with Crippen molar-refractivity contribution in [1.29, 1.82) is 0 Å². The SMILES string of the molecule is COc1ccc(/C=N/NC(=O)c2cccc([N+](=O)[O-])c2)cc1OCc1ccc(C)cc1. The molecule has 0 spiro atoms. The molecule has 3 aromatic carbocycles. The molecule has 0 atom stereocenters. The second-order valence-corrected chi connectivity index (χ2v) is 6.69. The van der Waals surface area contributed by atoms with Gasteiger partial charge in [-0.25, -0.2) is 5.43 Å². The standard InChI is InChI=1S/C23H21N3O5/c1-16-6-8-17(9-7-16)15-31-22-12-18(10-11-21(22)30-2)14-24-25-23(27)19-4-3-5-20(13-19)26(28)29/h3-14H,15H2,1-2H3,(H,25,27)/b24-14+. The van der Waals surface area contributed by atoms with Crippen molar-refractivity contribution in [2.75, 3.05) is 7.11 Å². The Morgan fingerprint density at radius 1 is 1.10 bits per heavy atom. The van der Waals surface area contributed by atoms with Gasteiger partial charge in [0.1, 0.15) is 6.61 Å². The smallest absolute Gasteiger partial charge is 0.271 e. The molecule has 0 saturated carbocycles. The topological polar surface area (TPSA) is 103 Å². The molecule has 0 aromatic heterocycles. The average Bonchev–Trinajstić information content (AvgIpc) is 2.78. The highest BCUT2D eigenvalue weighted by atomic mass is 16.6. The van der Waals surface area contributed by atoms with Crippen LogP contribution in [0.4, 0.5) is 5.69 Å². The van der Waals surface area contributed by atoms with Crippen LogP contribution in [0.5, 0.6) is 11.5 Å². The third-order valence-electron chi connectivity index (χ3n) is 4.40. The molecule has 0 bridgehead atoms. The summed E-state index contributed by atoms with van der Waals surface area (Å²) in [6.45, 7) is 2.40. The minimum Gasteiger partial charge on any atom is -0.493 e. The molecule has 0 aliphatic carbocycles. The van der Waals surface area contributed by atoms with Gasteiger partial charge in [-0.05, 0) is 42.3 Å². The summed E-state index contributed by atoms with van der Waals surface area (Å²) in [5, 5.41) is 14.8. The highest BCUT2D eigenvalue weighted by Gasteiger charge is 2.11.